The van der Waals surface area contributed by atoms with Gasteiger partial charge in [0.05, 0.1) is 12.6 Å². The molecule has 1 heterocycles. The Labute approximate surface area is 126 Å². The smallest absolute Gasteiger partial charge is 0.152 e. The molecule has 5 heteroatoms. The Bertz CT molecular complexity index is 553. The highest BCUT2D eigenvalue weighted by Crippen LogP contribution is 2.17. The molecule has 5 nitrogen and oxygen atoms in total. The van der Waals surface area contributed by atoms with Gasteiger partial charge in [0.15, 0.2) is 5.82 Å². The molecular weight excluding hydrogens is 264 g/mol. The number of benzene rings is 1. The van der Waals surface area contributed by atoms with Crippen LogP contribution in [0.5, 0.6) is 0 Å². The fourth-order valence-corrected chi connectivity index (χ4v) is 2.41. The van der Waals surface area contributed by atoms with Crippen LogP contribution in [0.15, 0.2) is 30.3 Å². The number of rotatable bonds is 7. The summed E-state index contributed by atoms with van der Waals surface area (Å²) in [5.74, 6) is 1.86. The quantitative estimate of drug-likeness (QED) is 0.850. The molecule has 0 fully saturated rings. The summed E-state index contributed by atoms with van der Waals surface area (Å²) in [5.41, 5.74) is 1.09. The van der Waals surface area contributed by atoms with Crippen molar-refractivity contribution in [2.24, 2.45) is 0 Å². The van der Waals surface area contributed by atoms with Crippen LogP contribution in [0, 0.1) is 6.92 Å². The van der Waals surface area contributed by atoms with Crippen molar-refractivity contribution in [3.8, 4) is 0 Å². The van der Waals surface area contributed by atoms with E-state index in [1.165, 1.54) is 0 Å². The molecule has 0 radical (unpaired) electrons. The van der Waals surface area contributed by atoms with E-state index in [0.717, 1.165) is 30.3 Å². The number of hydrogen-bond acceptors (Lipinski definition) is 4. The van der Waals surface area contributed by atoms with Gasteiger partial charge < -0.3 is 14.6 Å². The molecule has 2 rings (SSSR count). The first-order chi connectivity index (χ1) is 10.2. The van der Waals surface area contributed by atoms with Crippen molar-refractivity contribution < 1.29 is 5.11 Å². The maximum absolute atomic E-state index is 10.0. The highest BCUT2D eigenvalue weighted by atomic mass is 16.3. The first-order valence-electron chi connectivity index (χ1n) is 7.52. The second kappa shape index (κ2) is 7.22. The topological polar surface area (TPSA) is 54.2 Å². The molecule has 0 saturated carbocycles. The fourth-order valence-electron chi connectivity index (χ4n) is 2.41. The van der Waals surface area contributed by atoms with Crippen LogP contribution < -0.4 is 4.90 Å². The van der Waals surface area contributed by atoms with Gasteiger partial charge in [-0.25, -0.2) is 0 Å². The third kappa shape index (κ3) is 3.82. The Kier molecular flexibility index (Phi) is 5.33. The summed E-state index contributed by atoms with van der Waals surface area (Å²) >= 11 is 0. The third-order valence-electron chi connectivity index (χ3n) is 3.68. The van der Waals surface area contributed by atoms with Crippen LogP contribution in [0.1, 0.15) is 31.9 Å². The number of aryl methyl sites for hydroxylation is 1. The summed E-state index contributed by atoms with van der Waals surface area (Å²) in [7, 11) is 0. The Morgan fingerprint density at radius 1 is 1.19 bits per heavy atom. The van der Waals surface area contributed by atoms with Crippen molar-refractivity contribution in [2.75, 3.05) is 11.4 Å². The predicted molar refractivity (Wildman–Crippen MR) is 84.2 cm³/mol. The average Bonchev–Trinajstić information content (AvgIpc) is 2.87. The zero-order valence-electron chi connectivity index (χ0n) is 13.0. The van der Waals surface area contributed by atoms with Gasteiger partial charge in [0, 0.05) is 18.8 Å². The minimum Gasteiger partial charge on any atom is -0.391 e. The van der Waals surface area contributed by atoms with E-state index in [1.54, 1.807) is 0 Å². The molecule has 0 amide bonds. The number of hydrogen-bond donors (Lipinski definition) is 1. The van der Waals surface area contributed by atoms with E-state index in [0.29, 0.717) is 13.1 Å². The van der Waals surface area contributed by atoms with Gasteiger partial charge in [0.1, 0.15) is 5.82 Å². The molecule has 0 aliphatic carbocycles. The Hall–Kier alpha value is -1.88. The molecule has 2 aromatic rings. The lowest BCUT2D eigenvalue weighted by molar-refractivity contribution is 0.175. The lowest BCUT2D eigenvalue weighted by atomic mass is 10.2. The standard InChI is InChI=1S/C16H24N4O/c1-4-15(21)11-19(14-9-7-6-8-10-14)12-16-18-17-13(3)20(16)5-2/h6-10,15,21H,4-5,11-12H2,1-3H3. The molecule has 21 heavy (non-hydrogen) atoms. The molecule has 1 atom stereocenters. The van der Waals surface area contributed by atoms with E-state index in [2.05, 4.69) is 38.7 Å². The molecule has 0 bridgehead atoms. The number of aromatic nitrogens is 3. The van der Waals surface area contributed by atoms with E-state index < -0.39 is 0 Å². The molecule has 1 aromatic heterocycles. The van der Waals surface area contributed by atoms with Gasteiger partial charge in [-0.05, 0) is 32.4 Å². The Morgan fingerprint density at radius 2 is 1.90 bits per heavy atom. The van der Waals surface area contributed by atoms with E-state index in [1.807, 2.05) is 32.0 Å². The molecule has 1 unspecified atom stereocenters. The normalized spacial score (nSPS) is 12.4. The summed E-state index contributed by atoms with van der Waals surface area (Å²) in [6.07, 6.45) is 0.396. The van der Waals surface area contributed by atoms with Crippen LogP contribution in [0.3, 0.4) is 0 Å². The minimum atomic E-state index is -0.343. The van der Waals surface area contributed by atoms with Crippen LogP contribution in [-0.2, 0) is 13.1 Å². The van der Waals surface area contributed by atoms with Crippen molar-refractivity contribution in [1.29, 1.82) is 0 Å². The van der Waals surface area contributed by atoms with Gasteiger partial charge in [-0.3, -0.25) is 0 Å². The second-order valence-electron chi connectivity index (χ2n) is 5.19. The van der Waals surface area contributed by atoms with E-state index in [4.69, 9.17) is 0 Å². The third-order valence-corrected chi connectivity index (χ3v) is 3.68. The van der Waals surface area contributed by atoms with Gasteiger partial charge >= 0.3 is 0 Å². The van der Waals surface area contributed by atoms with Crippen molar-refractivity contribution >= 4 is 5.69 Å². The molecule has 0 aliphatic rings. The molecular formula is C16H24N4O. The highest BCUT2D eigenvalue weighted by molar-refractivity contribution is 5.46. The molecule has 0 saturated heterocycles. The highest BCUT2D eigenvalue weighted by Gasteiger charge is 2.16. The van der Waals surface area contributed by atoms with Crippen LogP contribution in [0.2, 0.25) is 0 Å². The van der Waals surface area contributed by atoms with E-state index >= 15 is 0 Å². The lowest BCUT2D eigenvalue weighted by Gasteiger charge is -2.26. The van der Waals surface area contributed by atoms with Crippen LogP contribution >= 0.6 is 0 Å². The van der Waals surface area contributed by atoms with Crippen LogP contribution in [0.25, 0.3) is 0 Å². The summed E-state index contributed by atoms with van der Waals surface area (Å²) < 4.78 is 2.11. The molecule has 1 N–H and O–H groups in total. The van der Waals surface area contributed by atoms with Gasteiger partial charge in [0.2, 0.25) is 0 Å². The zero-order chi connectivity index (χ0) is 15.2. The SMILES string of the molecule is CCC(O)CN(Cc1nnc(C)n1CC)c1ccccc1. The summed E-state index contributed by atoms with van der Waals surface area (Å²) in [6, 6.07) is 10.1. The number of aliphatic hydroxyl groups is 1. The lowest BCUT2D eigenvalue weighted by Crippen LogP contribution is -2.32. The summed E-state index contributed by atoms with van der Waals surface area (Å²) in [4.78, 5) is 2.16. The first kappa shape index (κ1) is 15.5. The van der Waals surface area contributed by atoms with Crippen molar-refractivity contribution in [2.45, 2.75) is 46.4 Å². The fraction of sp³-hybridized carbons (Fsp3) is 0.500. The second-order valence-corrected chi connectivity index (χ2v) is 5.19. The van der Waals surface area contributed by atoms with Gasteiger partial charge in [-0.2, -0.15) is 0 Å². The predicted octanol–water partition coefficient (Wildman–Crippen LogP) is 2.38. The summed E-state index contributed by atoms with van der Waals surface area (Å²) in [5, 5.41) is 18.4. The largest absolute Gasteiger partial charge is 0.391 e. The van der Waals surface area contributed by atoms with Crippen molar-refractivity contribution in [3.05, 3.63) is 42.0 Å². The number of para-hydroxylation sites is 1. The molecule has 0 spiro atoms. The molecule has 0 aliphatic heterocycles. The van der Waals surface area contributed by atoms with Crippen LogP contribution in [0.4, 0.5) is 5.69 Å². The van der Waals surface area contributed by atoms with Gasteiger partial charge in [0.25, 0.3) is 0 Å². The number of anilines is 1. The summed E-state index contributed by atoms with van der Waals surface area (Å²) in [6.45, 7) is 8.15. The van der Waals surface area contributed by atoms with Crippen LogP contribution in [-0.4, -0.2) is 32.5 Å². The maximum atomic E-state index is 10.0. The number of aliphatic hydroxyl groups excluding tert-OH is 1. The number of nitrogens with zero attached hydrogens (tertiary/aromatic N) is 4. The van der Waals surface area contributed by atoms with E-state index in [-0.39, 0.29) is 6.10 Å². The van der Waals surface area contributed by atoms with E-state index in [9.17, 15) is 5.11 Å². The Balaban J connectivity index is 2.23. The average molecular weight is 288 g/mol. The molecule has 1 aromatic carbocycles. The van der Waals surface area contributed by atoms with Gasteiger partial charge in [-0.15, -0.1) is 10.2 Å². The molecule has 114 valence electrons. The first-order valence-corrected chi connectivity index (χ1v) is 7.52. The Morgan fingerprint density at radius 3 is 2.52 bits per heavy atom. The van der Waals surface area contributed by atoms with Gasteiger partial charge in [-0.1, -0.05) is 25.1 Å². The zero-order valence-corrected chi connectivity index (χ0v) is 13.0. The maximum Gasteiger partial charge on any atom is 0.152 e. The van der Waals surface area contributed by atoms with Crippen molar-refractivity contribution in [3.63, 3.8) is 0 Å². The van der Waals surface area contributed by atoms with Crippen molar-refractivity contribution in [1.82, 2.24) is 14.8 Å². The monoisotopic (exact) mass is 288 g/mol. The minimum absolute atomic E-state index is 0.343.